The molecule has 0 N–H and O–H groups in total. The van der Waals surface area contributed by atoms with Crippen molar-refractivity contribution in [3.05, 3.63) is 83.7 Å². The number of methoxy groups -OCH3 is 1. The summed E-state index contributed by atoms with van der Waals surface area (Å²) in [4.78, 5) is 1.26. The molecule has 0 amide bonds. The van der Waals surface area contributed by atoms with E-state index in [1.807, 2.05) is 12.1 Å². The Hall–Kier alpha value is -2.78. The summed E-state index contributed by atoms with van der Waals surface area (Å²) >= 11 is 1.76. The van der Waals surface area contributed by atoms with E-state index in [-0.39, 0.29) is 0 Å². The number of ether oxygens (including phenoxy) is 1. The zero-order valence-corrected chi connectivity index (χ0v) is 15.1. The normalized spacial score (nSPS) is 10.8. The zero-order valence-electron chi connectivity index (χ0n) is 14.3. The predicted molar refractivity (Wildman–Crippen MR) is 106 cm³/mol. The van der Waals surface area contributed by atoms with E-state index in [2.05, 4.69) is 77.5 Å². The molecule has 0 saturated heterocycles. The molecule has 0 spiro atoms. The van der Waals surface area contributed by atoms with Crippen LogP contribution >= 0.6 is 11.3 Å². The molecule has 0 saturated carbocycles. The minimum atomic E-state index is 0.866. The second kappa shape index (κ2) is 6.61. The second-order valence-electron chi connectivity index (χ2n) is 5.98. The van der Waals surface area contributed by atoms with Crippen LogP contribution in [-0.2, 0) is 0 Å². The number of rotatable bonds is 4. The van der Waals surface area contributed by atoms with E-state index >= 15 is 0 Å². The van der Waals surface area contributed by atoms with Crippen molar-refractivity contribution >= 4 is 11.3 Å². The molecule has 3 heteroatoms. The molecule has 0 radical (unpaired) electrons. The zero-order chi connectivity index (χ0) is 17.2. The largest absolute Gasteiger partial charge is 0.497 e. The average Bonchev–Trinajstić information content (AvgIpc) is 3.32. The van der Waals surface area contributed by atoms with E-state index in [1.54, 1.807) is 18.4 Å². The van der Waals surface area contributed by atoms with Gasteiger partial charge in [-0.05, 0) is 60.3 Å². The van der Waals surface area contributed by atoms with Crippen molar-refractivity contribution < 1.29 is 4.74 Å². The maximum atomic E-state index is 5.31. The van der Waals surface area contributed by atoms with Gasteiger partial charge in [0.25, 0.3) is 0 Å². The number of thiophene rings is 1. The molecule has 0 aliphatic rings. The third-order valence-corrected chi connectivity index (χ3v) is 5.22. The maximum absolute atomic E-state index is 5.31. The van der Waals surface area contributed by atoms with Crippen molar-refractivity contribution in [2.24, 2.45) is 0 Å². The number of hydrogen-bond acceptors (Lipinski definition) is 2. The molecule has 2 aromatic heterocycles. The first kappa shape index (κ1) is 15.7. The van der Waals surface area contributed by atoms with Gasteiger partial charge in [-0.1, -0.05) is 35.9 Å². The molecule has 0 aliphatic carbocycles. The van der Waals surface area contributed by atoms with Crippen LogP contribution in [0, 0.1) is 6.92 Å². The van der Waals surface area contributed by atoms with E-state index in [1.165, 1.54) is 27.4 Å². The molecule has 2 nitrogen and oxygen atoms in total. The summed E-state index contributed by atoms with van der Waals surface area (Å²) in [6.45, 7) is 2.11. The van der Waals surface area contributed by atoms with Crippen LogP contribution in [0.4, 0.5) is 0 Å². The van der Waals surface area contributed by atoms with Crippen molar-refractivity contribution in [3.63, 3.8) is 0 Å². The second-order valence-corrected chi connectivity index (χ2v) is 6.93. The van der Waals surface area contributed by atoms with Crippen LogP contribution < -0.4 is 4.74 Å². The van der Waals surface area contributed by atoms with Crippen molar-refractivity contribution in [2.75, 3.05) is 7.11 Å². The highest BCUT2D eigenvalue weighted by molar-refractivity contribution is 7.13. The van der Waals surface area contributed by atoms with Gasteiger partial charge in [0.2, 0.25) is 0 Å². The Morgan fingerprint density at radius 3 is 2.16 bits per heavy atom. The van der Waals surface area contributed by atoms with Crippen LogP contribution in [0.15, 0.2) is 78.2 Å². The van der Waals surface area contributed by atoms with Gasteiger partial charge in [0.1, 0.15) is 5.75 Å². The lowest BCUT2D eigenvalue weighted by molar-refractivity contribution is 0.415. The topological polar surface area (TPSA) is 14.2 Å². The van der Waals surface area contributed by atoms with Crippen molar-refractivity contribution in [3.8, 4) is 33.3 Å². The lowest BCUT2D eigenvalue weighted by Crippen LogP contribution is -1.99. The van der Waals surface area contributed by atoms with Gasteiger partial charge in [-0.3, -0.25) is 0 Å². The molecule has 0 bridgehead atoms. The summed E-state index contributed by atoms with van der Waals surface area (Å²) in [5.74, 6) is 0.866. The summed E-state index contributed by atoms with van der Waals surface area (Å²) in [6, 6.07) is 25.6. The van der Waals surface area contributed by atoms with Gasteiger partial charge >= 0.3 is 0 Å². The van der Waals surface area contributed by atoms with Crippen LogP contribution in [0.3, 0.4) is 0 Å². The number of benzene rings is 2. The first-order valence-corrected chi connectivity index (χ1v) is 9.11. The monoisotopic (exact) mass is 345 g/mol. The van der Waals surface area contributed by atoms with Gasteiger partial charge in [0.15, 0.2) is 0 Å². The molecule has 124 valence electrons. The standard InChI is InChI=1S/C22H19NOS/c1-16-5-7-17(8-6-16)20-13-14-21(22-4-3-15-25-22)23(20)18-9-11-19(24-2)12-10-18/h3-15H,1-2H3. The van der Waals surface area contributed by atoms with Crippen LogP contribution in [0.1, 0.15) is 5.56 Å². The third-order valence-electron chi connectivity index (χ3n) is 4.33. The number of aryl methyl sites for hydroxylation is 1. The maximum Gasteiger partial charge on any atom is 0.119 e. The van der Waals surface area contributed by atoms with Crippen LogP contribution in [0.5, 0.6) is 5.75 Å². The summed E-state index contributed by atoms with van der Waals surface area (Å²) in [5, 5.41) is 2.12. The fourth-order valence-corrected chi connectivity index (χ4v) is 3.75. The van der Waals surface area contributed by atoms with Crippen molar-refractivity contribution in [1.29, 1.82) is 0 Å². The van der Waals surface area contributed by atoms with E-state index in [0.717, 1.165) is 11.4 Å². The molecule has 4 rings (SSSR count). The van der Waals surface area contributed by atoms with Gasteiger partial charge < -0.3 is 9.30 Å². The van der Waals surface area contributed by atoms with Gasteiger partial charge in [0.05, 0.1) is 23.4 Å². The molecular formula is C22H19NOS. The lowest BCUT2D eigenvalue weighted by Gasteiger charge is -2.14. The number of nitrogens with zero attached hydrogens (tertiary/aromatic N) is 1. The number of aromatic nitrogens is 1. The van der Waals surface area contributed by atoms with E-state index in [4.69, 9.17) is 4.74 Å². The molecule has 0 unspecified atom stereocenters. The van der Waals surface area contributed by atoms with Gasteiger partial charge in [0, 0.05) is 5.69 Å². The summed E-state index contributed by atoms with van der Waals surface area (Å²) in [5.41, 5.74) is 6.00. The van der Waals surface area contributed by atoms with Gasteiger partial charge in [-0.2, -0.15) is 0 Å². The van der Waals surface area contributed by atoms with Crippen LogP contribution in [0.2, 0.25) is 0 Å². The summed E-state index contributed by atoms with van der Waals surface area (Å²) in [7, 11) is 1.69. The SMILES string of the molecule is COc1ccc(-n2c(-c3ccc(C)cc3)ccc2-c2cccs2)cc1. The lowest BCUT2D eigenvalue weighted by atomic mass is 10.1. The first-order chi connectivity index (χ1) is 12.3. The minimum Gasteiger partial charge on any atom is -0.497 e. The highest BCUT2D eigenvalue weighted by Crippen LogP contribution is 2.34. The molecule has 0 fully saturated rings. The smallest absolute Gasteiger partial charge is 0.119 e. The van der Waals surface area contributed by atoms with E-state index in [0.29, 0.717) is 0 Å². The minimum absolute atomic E-state index is 0.866. The van der Waals surface area contributed by atoms with Crippen molar-refractivity contribution in [1.82, 2.24) is 4.57 Å². The van der Waals surface area contributed by atoms with Gasteiger partial charge in [-0.15, -0.1) is 11.3 Å². The summed E-state index contributed by atoms with van der Waals surface area (Å²) in [6.07, 6.45) is 0. The average molecular weight is 345 g/mol. The van der Waals surface area contributed by atoms with E-state index < -0.39 is 0 Å². The van der Waals surface area contributed by atoms with Crippen molar-refractivity contribution in [2.45, 2.75) is 6.92 Å². The molecule has 0 aliphatic heterocycles. The Labute approximate surface area is 152 Å². The molecule has 0 atom stereocenters. The van der Waals surface area contributed by atoms with Crippen LogP contribution in [-0.4, -0.2) is 11.7 Å². The molecule has 25 heavy (non-hydrogen) atoms. The Balaban J connectivity index is 1.91. The van der Waals surface area contributed by atoms with E-state index in [9.17, 15) is 0 Å². The quantitative estimate of drug-likeness (QED) is 0.430. The molecule has 4 aromatic rings. The molecule has 2 heterocycles. The highest BCUT2D eigenvalue weighted by Gasteiger charge is 2.14. The molecular weight excluding hydrogens is 326 g/mol. The van der Waals surface area contributed by atoms with Gasteiger partial charge in [-0.25, -0.2) is 0 Å². The fourth-order valence-electron chi connectivity index (χ4n) is 3.01. The Morgan fingerprint density at radius 1 is 0.800 bits per heavy atom. The Kier molecular flexibility index (Phi) is 4.16. The summed E-state index contributed by atoms with van der Waals surface area (Å²) < 4.78 is 7.63. The first-order valence-electron chi connectivity index (χ1n) is 8.23. The third kappa shape index (κ3) is 2.99. The number of hydrogen-bond donors (Lipinski definition) is 0. The molecule has 2 aromatic carbocycles. The highest BCUT2D eigenvalue weighted by atomic mass is 32.1. The Morgan fingerprint density at radius 2 is 1.52 bits per heavy atom. The Bertz CT molecular complexity index is 964. The fraction of sp³-hybridized carbons (Fsp3) is 0.0909. The van der Waals surface area contributed by atoms with Crippen LogP contribution in [0.25, 0.3) is 27.5 Å². The predicted octanol–water partition coefficient (Wildman–Crippen LogP) is 6.19.